The fourth-order valence-corrected chi connectivity index (χ4v) is 2.04. The Bertz CT molecular complexity index is 711. The Balaban J connectivity index is 2.02. The van der Waals surface area contributed by atoms with Crippen LogP contribution in [0.15, 0.2) is 34.9 Å². The van der Waals surface area contributed by atoms with Crippen LogP contribution in [0, 0.1) is 6.92 Å². The van der Waals surface area contributed by atoms with Crippen molar-refractivity contribution in [3.63, 3.8) is 0 Å². The van der Waals surface area contributed by atoms with Gasteiger partial charge in [-0.25, -0.2) is 4.79 Å². The molecule has 0 fully saturated rings. The van der Waals surface area contributed by atoms with Gasteiger partial charge in [-0.05, 0) is 38.1 Å². The van der Waals surface area contributed by atoms with Crippen LogP contribution in [0.4, 0.5) is 5.69 Å². The van der Waals surface area contributed by atoms with E-state index in [0.29, 0.717) is 21.5 Å². The first kappa shape index (κ1) is 16.4. The minimum absolute atomic E-state index is 0.278. The number of hydrogen-bond donors (Lipinski definition) is 1. The highest BCUT2D eigenvalue weighted by Crippen LogP contribution is 2.25. The molecule has 1 N–H and O–H groups in total. The Labute approximate surface area is 137 Å². The summed E-state index contributed by atoms with van der Waals surface area (Å²) < 4.78 is 10.1. The Morgan fingerprint density at radius 1 is 1.27 bits per heavy atom. The van der Waals surface area contributed by atoms with Gasteiger partial charge in [0.1, 0.15) is 11.3 Å². The average Bonchev–Trinajstić information content (AvgIpc) is 2.89. The summed E-state index contributed by atoms with van der Waals surface area (Å²) >= 11 is 11.8. The lowest BCUT2D eigenvalue weighted by Gasteiger charge is -2.14. The molecular weight excluding hydrogens is 329 g/mol. The van der Waals surface area contributed by atoms with Crippen LogP contribution in [0.2, 0.25) is 10.0 Å². The molecule has 0 unspecified atom stereocenters. The summed E-state index contributed by atoms with van der Waals surface area (Å²) in [7, 11) is 0. The van der Waals surface area contributed by atoms with Crippen molar-refractivity contribution in [1.29, 1.82) is 0 Å². The van der Waals surface area contributed by atoms with Gasteiger partial charge < -0.3 is 14.5 Å². The molecule has 1 heterocycles. The molecule has 0 spiro atoms. The van der Waals surface area contributed by atoms with E-state index in [0.717, 1.165) is 0 Å². The van der Waals surface area contributed by atoms with Gasteiger partial charge in [0, 0.05) is 5.02 Å². The molecule has 0 radical (unpaired) electrons. The molecule has 0 bridgehead atoms. The predicted octanol–water partition coefficient (Wildman–Crippen LogP) is 4.08. The van der Waals surface area contributed by atoms with Crippen molar-refractivity contribution in [2.24, 2.45) is 0 Å². The quantitative estimate of drug-likeness (QED) is 0.850. The van der Waals surface area contributed by atoms with Crippen molar-refractivity contribution < 1.29 is 18.7 Å². The molecule has 1 amide bonds. The molecule has 0 aliphatic rings. The second-order valence-electron chi connectivity index (χ2n) is 4.55. The lowest BCUT2D eigenvalue weighted by molar-refractivity contribution is -0.123. The van der Waals surface area contributed by atoms with Crippen molar-refractivity contribution >= 4 is 40.8 Å². The number of furan rings is 1. The van der Waals surface area contributed by atoms with E-state index in [4.69, 9.17) is 32.4 Å². The maximum Gasteiger partial charge on any atom is 0.342 e. The summed E-state index contributed by atoms with van der Waals surface area (Å²) in [4.78, 5) is 24.0. The SMILES string of the molecule is Cc1occc1C(=O)O[C@H](C)C(=O)Nc1cc(Cl)ccc1Cl. The van der Waals surface area contributed by atoms with Gasteiger partial charge in [-0.2, -0.15) is 0 Å². The van der Waals surface area contributed by atoms with E-state index in [1.807, 2.05) is 0 Å². The highest BCUT2D eigenvalue weighted by atomic mass is 35.5. The molecule has 1 aromatic carbocycles. The summed E-state index contributed by atoms with van der Waals surface area (Å²) in [6.45, 7) is 3.09. The van der Waals surface area contributed by atoms with E-state index in [-0.39, 0.29) is 5.56 Å². The molecular formula is C15H13Cl2NO4. The fourth-order valence-electron chi connectivity index (χ4n) is 1.70. The maximum atomic E-state index is 12.1. The van der Waals surface area contributed by atoms with Crippen LogP contribution in [-0.2, 0) is 9.53 Å². The van der Waals surface area contributed by atoms with E-state index < -0.39 is 18.0 Å². The van der Waals surface area contributed by atoms with Gasteiger partial charge in [-0.15, -0.1) is 0 Å². The normalized spacial score (nSPS) is 11.8. The Morgan fingerprint density at radius 3 is 2.64 bits per heavy atom. The standard InChI is InChI=1S/C15H13Cl2NO4/c1-8-11(5-6-21-8)15(20)22-9(2)14(19)18-13-7-10(16)3-4-12(13)17/h3-7,9H,1-2H3,(H,18,19)/t9-/m1/s1. The van der Waals surface area contributed by atoms with Gasteiger partial charge in [-0.3, -0.25) is 4.79 Å². The topological polar surface area (TPSA) is 68.5 Å². The second-order valence-corrected chi connectivity index (χ2v) is 5.40. The third-order valence-corrected chi connectivity index (χ3v) is 3.48. The van der Waals surface area contributed by atoms with Crippen LogP contribution in [0.1, 0.15) is 23.0 Å². The highest BCUT2D eigenvalue weighted by molar-refractivity contribution is 6.35. The Hall–Kier alpha value is -1.98. The molecule has 22 heavy (non-hydrogen) atoms. The highest BCUT2D eigenvalue weighted by Gasteiger charge is 2.21. The monoisotopic (exact) mass is 341 g/mol. The number of ether oxygens (including phenoxy) is 1. The lowest BCUT2D eigenvalue weighted by Crippen LogP contribution is -2.30. The van der Waals surface area contributed by atoms with Crippen molar-refractivity contribution in [2.45, 2.75) is 20.0 Å². The third-order valence-electron chi connectivity index (χ3n) is 2.92. The predicted molar refractivity (Wildman–Crippen MR) is 83.4 cm³/mol. The minimum atomic E-state index is -1.00. The smallest absolute Gasteiger partial charge is 0.342 e. The lowest BCUT2D eigenvalue weighted by atomic mass is 10.2. The van der Waals surface area contributed by atoms with Crippen LogP contribution in [0.3, 0.4) is 0 Å². The van der Waals surface area contributed by atoms with Gasteiger partial charge in [0.2, 0.25) is 0 Å². The van der Waals surface area contributed by atoms with Crippen LogP contribution in [-0.4, -0.2) is 18.0 Å². The number of halogens is 2. The van der Waals surface area contributed by atoms with Gasteiger partial charge in [0.25, 0.3) is 5.91 Å². The maximum absolute atomic E-state index is 12.1. The van der Waals surface area contributed by atoms with Crippen LogP contribution in [0.5, 0.6) is 0 Å². The van der Waals surface area contributed by atoms with Gasteiger partial charge in [0.15, 0.2) is 6.10 Å². The zero-order valence-electron chi connectivity index (χ0n) is 11.9. The number of nitrogens with one attached hydrogen (secondary N) is 1. The number of aryl methyl sites for hydroxylation is 1. The number of amides is 1. The molecule has 5 nitrogen and oxygen atoms in total. The summed E-state index contributed by atoms with van der Waals surface area (Å²) in [6.07, 6.45) is 0.374. The first-order valence-corrected chi connectivity index (χ1v) is 7.15. The summed E-state index contributed by atoms with van der Waals surface area (Å²) in [6, 6.07) is 6.16. The number of anilines is 1. The number of benzene rings is 1. The first-order valence-electron chi connectivity index (χ1n) is 6.39. The van der Waals surface area contributed by atoms with E-state index in [9.17, 15) is 9.59 Å². The van der Waals surface area contributed by atoms with Crippen LogP contribution in [0.25, 0.3) is 0 Å². The summed E-state index contributed by atoms with van der Waals surface area (Å²) in [5.41, 5.74) is 0.627. The van der Waals surface area contributed by atoms with Crippen molar-refractivity contribution in [3.8, 4) is 0 Å². The van der Waals surface area contributed by atoms with Gasteiger partial charge in [0.05, 0.1) is 17.0 Å². The number of hydrogen-bond acceptors (Lipinski definition) is 4. The first-order chi connectivity index (χ1) is 10.4. The van der Waals surface area contributed by atoms with Crippen LogP contribution >= 0.6 is 23.2 Å². The van der Waals surface area contributed by atoms with E-state index >= 15 is 0 Å². The number of rotatable bonds is 4. The van der Waals surface area contributed by atoms with Crippen molar-refractivity contribution in [1.82, 2.24) is 0 Å². The zero-order chi connectivity index (χ0) is 16.3. The largest absolute Gasteiger partial charge is 0.469 e. The van der Waals surface area contributed by atoms with Gasteiger partial charge in [-0.1, -0.05) is 23.2 Å². The molecule has 1 aromatic heterocycles. The minimum Gasteiger partial charge on any atom is -0.469 e. The second kappa shape index (κ2) is 6.85. The molecule has 0 aliphatic carbocycles. The van der Waals surface area contributed by atoms with Crippen LogP contribution < -0.4 is 5.32 Å². The number of carbonyl (C=O) groups is 2. The molecule has 0 saturated carbocycles. The van der Waals surface area contributed by atoms with Crippen molar-refractivity contribution in [3.05, 3.63) is 51.9 Å². The molecule has 7 heteroatoms. The van der Waals surface area contributed by atoms with E-state index in [1.165, 1.54) is 25.3 Å². The average molecular weight is 342 g/mol. The molecule has 116 valence electrons. The van der Waals surface area contributed by atoms with Crippen molar-refractivity contribution in [2.75, 3.05) is 5.32 Å². The van der Waals surface area contributed by atoms with E-state index in [2.05, 4.69) is 5.32 Å². The molecule has 0 saturated heterocycles. The van der Waals surface area contributed by atoms with E-state index in [1.54, 1.807) is 19.1 Å². The Kier molecular flexibility index (Phi) is 5.11. The van der Waals surface area contributed by atoms with Gasteiger partial charge >= 0.3 is 5.97 Å². The Morgan fingerprint density at radius 2 is 2.00 bits per heavy atom. The number of carbonyl (C=O) groups excluding carboxylic acids is 2. The molecule has 2 aromatic rings. The number of esters is 1. The zero-order valence-corrected chi connectivity index (χ0v) is 13.4. The third kappa shape index (κ3) is 3.81. The molecule has 0 aliphatic heterocycles. The summed E-state index contributed by atoms with van der Waals surface area (Å²) in [5.74, 6) is -0.722. The molecule has 1 atom stereocenters. The molecule has 2 rings (SSSR count). The fraction of sp³-hybridized carbons (Fsp3) is 0.200. The summed E-state index contributed by atoms with van der Waals surface area (Å²) in [5, 5.41) is 3.32.